The standard InChI is InChI=1S/C13H18N2O2S/c1-9-7-8-14-13(15-9)18-11-6-4-2-3-5-10(11)12(16)17/h7-8,10-11H,2-6H2,1H3,(H,16,17). The van der Waals surface area contributed by atoms with Gasteiger partial charge in [-0.3, -0.25) is 4.79 Å². The average Bonchev–Trinajstić information content (AvgIpc) is 2.54. The molecule has 0 saturated heterocycles. The second-order valence-corrected chi connectivity index (χ2v) is 5.93. The Morgan fingerprint density at radius 2 is 2.17 bits per heavy atom. The van der Waals surface area contributed by atoms with Crippen molar-refractivity contribution in [3.05, 3.63) is 18.0 Å². The molecular formula is C13H18N2O2S. The third-order valence-corrected chi connectivity index (χ3v) is 4.57. The first kappa shape index (κ1) is 13.3. The topological polar surface area (TPSA) is 63.1 Å². The summed E-state index contributed by atoms with van der Waals surface area (Å²) >= 11 is 1.53. The minimum absolute atomic E-state index is 0.104. The maximum absolute atomic E-state index is 11.3. The fourth-order valence-electron chi connectivity index (χ4n) is 2.32. The highest BCUT2D eigenvalue weighted by Crippen LogP contribution is 2.35. The lowest BCUT2D eigenvalue weighted by Gasteiger charge is -2.19. The predicted molar refractivity (Wildman–Crippen MR) is 70.6 cm³/mol. The van der Waals surface area contributed by atoms with E-state index < -0.39 is 5.97 Å². The summed E-state index contributed by atoms with van der Waals surface area (Å²) in [6.07, 6.45) is 6.71. The van der Waals surface area contributed by atoms with Crippen molar-refractivity contribution in [1.82, 2.24) is 9.97 Å². The number of nitrogens with zero attached hydrogens (tertiary/aromatic N) is 2. The fraction of sp³-hybridized carbons (Fsp3) is 0.615. The molecule has 5 heteroatoms. The Hall–Kier alpha value is -1.10. The van der Waals surface area contributed by atoms with Crippen LogP contribution in [0.15, 0.2) is 17.4 Å². The zero-order chi connectivity index (χ0) is 13.0. The molecule has 1 aromatic rings. The van der Waals surface area contributed by atoms with Crippen LogP contribution in [0.4, 0.5) is 0 Å². The van der Waals surface area contributed by atoms with Crippen molar-refractivity contribution in [2.24, 2.45) is 5.92 Å². The molecule has 1 saturated carbocycles. The van der Waals surface area contributed by atoms with E-state index in [9.17, 15) is 9.90 Å². The lowest BCUT2D eigenvalue weighted by atomic mass is 10.0. The van der Waals surface area contributed by atoms with E-state index in [2.05, 4.69) is 9.97 Å². The smallest absolute Gasteiger partial charge is 0.307 e. The molecule has 2 atom stereocenters. The molecule has 0 bridgehead atoms. The number of hydrogen-bond donors (Lipinski definition) is 1. The third kappa shape index (κ3) is 3.45. The lowest BCUT2D eigenvalue weighted by molar-refractivity contribution is -0.141. The Bertz CT molecular complexity index is 425. The van der Waals surface area contributed by atoms with Gasteiger partial charge in [0.15, 0.2) is 5.16 Å². The third-order valence-electron chi connectivity index (χ3n) is 3.30. The van der Waals surface area contributed by atoms with Crippen LogP contribution < -0.4 is 0 Å². The van der Waals surface area contributed by atoms with Crippen molar-refractivity contribution in [3.8, 4) is 0 Å². The van der Waals surface area contributed by atoms with Gasteiger partial charge in [0.2, 0.25) is 0 Å². The summed E-state index contributed by atoms with van der Waals surface area (Å²) in [5.41, 5.74) is 0.924. The number of carboxylic acid groups (broad SMARTS) is 1. The summed E-state index contributed by atoms with van der Waals surface area (Å²) in [6, 6.07) is 1.85. The summed E-state index contributed by atoms with van der Waals surface area (Å²) in [5, 5.41) is 10.1. The highest BCUT2D eigenvalue weighted by atomic mass is 32.2. The number of rotatable bonds is 3. The molecule has 2 unspecified atom stereocenters. The van der Waals surface area contributed by atoms with E-state index in [4.69, 9.17) is 0 Å². The normalized spacial score (nSPS) is 24.5. The monoisotopic (exact) mass is 266 g/mol. The van der Waals surface area contributed by atoms with Gasteiger partial charge < -0.3 is 5.11 Å². The Kier molecular flexibility index (Phi) is 4.58. The van der Waals surface area contributed by atoms with E-state index in [0.717, 1.165) is 37.8 Å². The molecule has 0 aromatic carbocycles. The van der Waals surface area contributed by atoms with E-state index in [1.54, 1.807) is 6.20 Å². The largest absolute Gasteiger partial charge is 0.481 e. The highest BCUT2D eigenvalue weighted by molar-refractivity contribution is 7.99. The molecule has 4 nitrogen and oxygen atoms in total. The van der Waals surface area contributed by atoms with E-state index in [1.165, 1.54) is 11.8 Å². The number of carbonyl (C=O) groups is 1. The molecule has 0 spiro atoms. The minimum Gasteiger partial charge on any atom is -0.481 e. The van der Waals surface area contributed by atoms with Gasteiger partial charge in [0.05, 0.1) is 5.92 Å². The Morgan fingerprint density at radius 3 is 2.89 bits per heavy atom. The number of carboxylic acids is 1. The molecule has 1 heterocycles. The van der Waals surface area contributed by atoms with Gasteiger partial charge in [-0.15, -0.1) is 0 Å². The molecular weight excluding hydrogens is 248 g/mol. The van der Waals surface area contributed by atoms with Crippen LogP contribution in [0, 0.1) is 12.8 Å². The maximum atomic E-state index is 11.3. The van der Waals surface area contributed by atoms with Crippen LogP contribution in [-0.4, -0.2) is 26.3 Å². The summed E-state index contributed by atoms with van der Waals surface area (Å²) in [5.74, 6) is -0.941. The zero-order valence-corrected chi connectivity index (χ0v) is 11.3. The molecule has 1 fully saturated rings. The number of aliphatic carboxylic acids is 1. The predicted octanol–water partition coefficient (Wildman–Crippen LogP) is 2.91. The number of aromatic nitrogens is 2. The highest BCUT2D eigenvalue weighted by Gasteiger charge is 2.30. The van der Waals surface area contributed by atoms with E-state index in [0.29, 0.717) is 5.16 Å². The van der Waals surface area contributed by atoms with Crippen LogP contribution in [0.3, 0.4) is 0 Å². The molecule has 1 N–H and O–H groups in total. The quantitative estimate of drug-likeness (QED) is 0.673. The molecule has 1 aromatic heterocycles. The lowest BCUT2D eigenvalue weighted by Crippen LogP contribution is -2.24. The Labute approximate surface area is 111 Å². The fourth-order valence-corrected chi connectivity index (χ4v) is 3.61. The van der Waals surface area contributed by atoms with Gasteiger partial charge in [-0.25, -0.2) is 9.97 Å². The van der Waals surface area contributed by atoms with E-state index >= 15 is 0 Å². The van der Waals surface area contributed by atoms with Crippen LogP contribution in [0.25, 0.3) is 0 Å². The number of thioether (sulfide) groups is 1. The average molecular weight is 266 g/mol. The molecule has 2 rings (SSSR count). The van der Waals surface area contributed by atoms with Crippen LogP contribution in [0.5, 0.6) is 0 Å². The minimum atomic E-state index is -0.679. The van der Waals surface area contributed by atoms with Crippen molar-refractivity contribution in [2.75, 3.05) is 0 Å². The van der Waals surface area contributed by atoms with Gasteiger partial charge in [-0.2, -0.15) is 0 Å². The molecule has 0 amide bonds. The van der Waals surface area contributed by atoms with Gasteiger partial charge in [-0.1, -0.05) is 31.0 Å². The number of aryl methyl sites for hydroxylation is 1. The first-order valence-corrected chi connectivity index (χ1v) is 7.24. The molecule has 1 aliphatic carbocycles. The SMILES string of the molecule is Cc1ccnc(SC2CCCCCC2C(=O)O)n1. The molecule has 0 radical (unpaired) electrons. The van der Waals surface area contributed by atoms with Crippen LogP contribution in [0.1, 0.15) is 37.8 Å². The first-order chi connectivity index (χ1) is 8.66. The number of hydrogen-bond acceptors (Lipinski definition) is 4. The second kappa shape index (κ2) is 6.18. The second-order valence-electron chi connectivity index (χ2n) is 4.72. The van der Waals surface area contributed by atoms with Crippen molar-refractivity contribution < 1.29 is 9.90 Å². The summed E-state index contributed by atoms with van der Waals surface area (Å²) < 4.78 is 0. The van der Waals surface area contributed by atoms with Crippen LogP contribution in [-0.2, 0) is 4.79 Å². The van der Waals surface area contributed by atoms with Gasteiger partial charge in [0, 0.05) is 17.1 Å². The summed E-state index contributed by atoms with van der Waals surface area (Å²) in [7, 11) is 0. The maximum Gasteiger partial charge on any atom is 0.307 e. The van der Waals surface area contributed by atoms with Gasteiger partial charge in [0.25, 0.3) is 0 Å². The van der Waals surface area contributed by atoms with Gasteiger partial charge in [-0.05, 0) is 25.8 Å². The molecule has 0 aliphatic heterocycles. The molecule has 18 heavy (non-hydrogen) atoms. The van der Waals surface area contributed by atoms with Crippen LogP contribution in [0.2, 0.25) is 0 Å². The zero-order valence-electron chi connectivity index (χ0n) is 10.5. The van der Waals surface area contributed by atoms with Gasteiger partial charge in [0.1, 0.15) is 0 Å². The molecule has 1 aliphatic rings. The van der Waals surface area contributed by atoms with Crippen LogP contribution >= 0.6 is 11.8 Å². The Morgan fingerprint density at radius 1 is 1.39 bits per heavy atom. The summed E-state index contributed by atoms with van der Waals surface area (Å²) in [4.78, 5) is 19.9. The van der Waals surface area contributed by atoms with Crippen molar-refractivity contribution in [2.45, 2.75) is 49.4 Å². The van der Waals surface area contributed by atoms with Crippen molar-refractivity contribution in [1.29, 1.82) is 0 Å². The van der Waals surface area contributed by atoms with Crippen molar-refractivity contribution >= 4 is 17.7 Å². The molecule has 98 valence electrons. The van der Waals surface area contributed by atoms with E-state index in [1.807, 2.05) is 13.0 Å². The summed E-state index contributed by atoms with van der Waals surface area (Å²) in [6.45, 7) is 1.92. The van der Waals surface area contributed by atoms with E-state index in [-0.39, 0.29) is 11.2 Å². The Balaban J connectivity index is 2.11. The van der Waals surface area contributed by atoms with Gasteiger partial charge >= 0.3 is 5.97 Å². The van der Waals surface area contributed by atoms with Crippen molar-refractivity contribution in [3.63, 3.8) is 0 Å². The first-order valence-electron chi connectivity index (χ1n) is 6.36.